The number of ether oxygens (including phenoxy) is 2. The smallest absolute Gasteiger partial charge is 0.315 e. The van der Waals surface area contributed by atoms with E-state index in [4.69, 9.17) is 4.74 Å². The quantitative estimate of drug-likeness (QED) is 0.583. The Morgan fingerprint density at radius 2 is 1.89 bits per heavy atom. The highest BCUT2D eigenvalue weighted by molar-refractivity contribution is 5.94. The first-order valence-electron chi connectivity index (χ1n) is 5.51. The standard InChI is InChI=1S/C13H17NO4/c1-14(12(15)8-13(16)18-3)9-10-6-4-5-7-11(10)17-2/h4-7H,8-9H2,1-3H3. The molecule has 0 N–H and O–H groups in total. The minimum atomic E-state index is -0.535. The van der Waals surface area contributed by atoms with Crippen LogP contribution in [0, 0.1) is 0 Å². The molecule has 98 valence electrons. The van der Waals surface area contributed by atoms with Crippen LogP contribution in [-0.4, -0.2) is 38.0 Å². The van der Waals surface area contributed by atoms with E-state index in [9.17, 15) is 9.59 Å². The van der Waals surface area contributed by atoms with Gasteiger partial charge >= 0.3 is 5.97 Å². The molecule has 0 radical (unpaired) electrons. The molecule has 0 bridgehead atoms. The van der Waals surface area contributed by atoms with E-state index in [2.05, 4.69) is 4.74 Å². The Morgan fingerprint density at radius 1 is 1.22 bits per heavy atom. The van der Waals surface area contributed by atoms with Gasteiger partial charge in [0.15, 0.2) is 0 Å². The average molecular weight is 251 g/mol. The molecule has 1 rings (SSSR count). The number of benzene rings is 1. The SMILES string of the molecule is COC(=O)CC(=O)N(C)Cc1ccccc1OC. The third-order valence-corrected chi connectivity index (χ3v) is 2.55. The number of hydrogen-bond acceptors (Lipinski definition) is 4. The van der Waals surface area contributed by atoms with Crippen molar-refractivity contribution in [3.8, 4) is 5.75 Å². The summed E-state index contributed by atoms with van der Waals surface area (Å²) in [4.78, 5) is 24.2. The minimum absolute atomic E-state index is 0.248. The van der Waals surface area contributed by atoms with E-state index < -0.39 is 5.97 Å². The van der Waals surface area contributed by atoms with Crippen LogP contribution < -0.4 is 4.74 Å². The number of methoxy groups -OCH3 is 2. The van der Waals surface area contributed by atoms with Crippen LogP contribution in [0.3, 0.4) is 0 Å². The first-order valence-corrected chi connectivity index (χ1v) is 5.51. The van der Waals surface area contributed by atoms with E-state index in [1.165, 1.54) is 12.0 Å². The maximum Gasteiger partial charge on any atom is 0.315 e. The lowest BCUT2D eigenvalue weighted by atomic mass is 10.2. The molecule has 18 heavy (non-hydrogen) atoms. The summed E-state index contributed by atoms with van der Waals surface area (Å²) in [7, 11) is 4.47. The number of hydrogen-bond donors (Lipinski definition) is 0. The number of amides is 1. The van der Waals surface area contributed by atoms with Crippen LogP contribution in [0.4, 0.5) is 0 Å². The summed E-state index contributed by atoms with van der Waals surface area (Å²) < 4.78 is 9.65. The largest absolute Gasteiger partial charge is 0.496 e. The van der Waals surface area contributed by atoms with Gasteiger partial charge in [0.2, 0.25) is 5.91 Å². The van der Waals surface area contributed by atoms with Gasteiger partial charge in [-0.05, 0) is 6.07 Å². The van der Waals surface area contributed by atoms with Crippen molar-refractivity contribution in [2.75, 3.05) is 21.3 Å². The predicted molar refractivity (Wildman–Crippen MR) is 66.1 cm³/mol. The fraction of sp³-hybridized carbons (Fsp3) is 0.385. The molecule has 0 fully saturated rings. The van der Waals surface area contributed by atoms with Gasteiger partial charge in [0.1, 0.15) is 12.2 Å². The molecular weight excluding hydrogens is 234 g/mol. The lowest BCUT2D eigenvalue weighted by molar-refractivity contribution is -0.146. The van der Waals surface area contributed by atoms with Gasteiger partial charge in [-0.3, -0.25) is 9.59 Å². The summed E-state index contributed by atoms with van der Waals surface area (Å²) in [5, 5.41) is 0. The molecule has 0 aliphatic rings. The molecule has 5 heteroatoms. The zero-order chi connectivity index (χ0) is 13.5. The summed E-state index contributed by atoms with van der Waals surface area (Å²) in [5.74, 6) is -0.102. The van der Waals surface area contributed by atoms with E-state index in [1.54, 1.807) is 14.2 Å². The number of nitrogens with zero attached hydrogens (tertiary/aromatic N) is 1. The van der Waals surface area contributed by atoms with E-state index in [0.717, 1.165) is 11.3 Å². The van der Waals surface area contributed by atoms with Crippen LogP contribution in [0.25, 0.3) is 0 Å². The fourth-order valence-corrected chi connectivity index (χ4v) is 1.51. The van der Waals surface area contributed by atoms with E-state index in [0.29, 0.717) is 6.54 Å². The zero-order valence-electron chi connectivity index (χ0n) is 10.8. The first kappa shape index (κ1) is 14.0. The Labute approximate surface area is 106 Å². The molecule has 0 spiro atoms. The molecule has 1 aromatic rings. The highest BCUT2D eigenvalue weighted by atomic mass is 16.5. The Morgan fingerprint density at radius 3 is 2.50 bits per heavy atom. The normalized spacial score (nSPS) is 9.72. The topological polar surface area (TPSA) is 55.8 Å². The summed E-state index contributed by atoms with van der Waals surface area (Å²) in [6.07, 6.45) is -0.248. The van der Waals surface area contributed by atoms with Crippen molar-refractivity contribution in [1.29, 1.82) is 0 Å². The number of esters is 1. The molecule has 0 aliphatic heterocycles. The average Bonchev–Trinajstić information content (AvgIpc) is 2.39. The maximum atomic E-state index is 11.7. The van der Waals surface area contributed by atoms with E-state index in [-0.39, 0.29) is 12.3 Å². The van der Waals surface area contributed by atoms with Gasteiger partial charge in [0.25, 0.3) is 0 Å². The van der Waals surface area contributed by atoms with Gasteiger partial charge in [0.05, 0.1) is 14.2 Å². The molecule has 0 heterocycles. The Hall–Kier alpha value is -2.04. The maximum absolute atomic E-state index is 11.7. The molecule has 0 atom stereocenters. The Bertz CT molecular complexity index is 431. The molecule has 1 amide bonds. The highest BCUT2D eigenvalue weighted by Gasteiger charge is 2.15. The van der Waals surface area contributed by atoms with Crippen molar-refractivity contribution in [2.45, 2.75) is 13.0 Å². The lowest BCUT2D eigenvalue weighted by Crippen LogP contribution is -2.28. The predicted octanol–water partition coefficient (Wildman–Crippen LogP) is 1.22. The van der Waals surface area contributed by atoms with Crippen LogP contribution in [0.5, 0.6) is 5.75 Å². The second kappa shape index (κ2) is 6.64. The van der Waals surface area contributed by atoms with Gasteiger partial charge in [0, 0.05) is 19.2 Å². The molecule has 1 aromatic carbocycles. The van der Waals surface area contributed by atoms with Crippen molar-refractivity contribution < 1.29 is 19.1 Å². The number of para-hydroxylation sites is 1. The third-order valence-electron chi connectivity index (χ3n) is 2.55. The molecule has 0 saturated carbocycles. The second-order valence-electron chi connectivity index (χ2n) is 3.81. The molecule has 5 nitrogen and oxygen atoms in total. The second-order valence-corrected chi connectivity index (χ2v) is 3.81. The van der Waals surface area contributed by atoms with Crippen molar-refractivity contribution in [3.63, 3.8) is 0 Å². The van der Waals surface area contributed by atoms with E-state index >= 15 is 0 Å². The Kier molecular flexibility index (Phi) is 5.17. The molecule has 0 unspecified atom stereocenters. The van der Waals surface area contributed by atoms with Crippen LogP contribution in [-0.2, 0) is 20.9 Å². The van der Waals surface area contributed by atoms with Crippen LogP contribution in [0.1, 0.15) is 12.0 Å². The van der Waals surface area contributed by atoms with Crippen LogP contribution in [0.15, 0.2) is 24.3 Å². The van der Waals surface area contributed by atoms with Crippen LogP contribution in [0.2, 0.25) is 0 Å². The summed E-state index contributed by atoms with van der Waals surface area (Å²) >= 11 is 0. The molecule has 0 saturated heterocycles. The zero-order valence-corrected chi connectivity index (χ0v) is 10.8. The van der Waals surface area contributed by atoms with Crippen molar-refractivity contribution in [2.24, 2.45) is 0 Å². The highest BCUT2D eigenvalue weighted by Crippen LogP contribution is 2.18. The van der Waals surface area contributed by atoms with Gasteiger partial charge in [-0.25, -0.2) is 0 Å². The minimum Gasteiger partial charge on any atom is -0.496 e. The van der Waals surface area contributed by atoms with Crippen LogP contribution >= 0.6 is 0 Å². The summed E-state index contributed by atoms with van der Waals surface area (Å²) in [6.45, 7) is 0.389. The molecule has 0 aromatic heterocycles. The number of rotatable bonds is 5. The van der Waals surface area contributed by atoms with Crippen molar-refractivity contribution in [1.82, 2.24) is 4.90 Å². The van der Waals surface area contributed by atoms with Crippen molar-refractivity contribution in [3.05, 3.63) is 29.8 Å². The lowest BCUT2D eigenvalue weighted by Gasteiger charge is -2.18. The summed E-state index contributed by atoms with van der Waals surface area (Å²) in [6, 6.07) is 7.43. The van der Waals surface area contributed by atoms with Gasteiger partial charge < -0.3 is 14.4 Å². The number of carbonyl (C=O) groups is 2. The molecular formula is C13H17NO4. The van der Waals surface area contributed by atoms with E-state index in [1.807, 2.05) is 24.3 Å². The first-order chi connectivity index (χ1) is 8.58. The van der Waals surface area contributed by atoms with Gasteiger partial charge in [-0.15, -0.1) is 0 Å². The third kappa shape index (κ3) is 3.76. The molecule has 0 aliphatic carbocycles. The Balaban J connectivity index is 2.66. The van der Waals surface area contributed by atoms with Gasteiger partial charge in [-0.1, -0.05) is 18.2 Å². The fourth-order valence-electron chi connectivity index (χ4n) is 1.51. The monoisotopic (exact) mass is 251 g/mol. The van der Waals surface area contributed by atoms with Crippen molar-refractivity contribution >= 4 is 11.9 Å². The van der Waals surface area contributed by atoms with Gasteiger partial charge in [-0.2, -0.15) is 0 Å². The number of carbonyl (C=O) groups excluding carboxylic acids is 2. The summed E-state index contributed by atoms with van der Waals surface area (Å²) in [5.41, 5.74) is 0.890.